The van der Waals surface area contributed by atoms with E-state index < -0.39 is 33.0 Å². The first kappa shape index (κ1) is 20.0. The van der Waals surface area contributed by atoms with Gasteiger partial charge in [0.25, 0.3) is 10.0 Å². The van der Waals surface area contributed by atoms with Crippen molar-refractivity contribution < 1.29 is 18.3 Å². The molecule has 0 saturated heterocycles. The third kappa shape index (κ3) is 5.80. The molecule has 1 aromatic heterocycles. The number of hydrazone groups is 1. The second-order valence-corrected chi connectivity index (χ2v) is 6.52. The number of aliphatic imine (C=N–C) groups is 1. The highest BCUT2D eigenvalue weighted by atomic mass is 32.2. The third-order valence-corrected chi connectivity index (χ3v) is 4.44. The van der Waals surface area contributed by atoms with Crippen molar-refractivity contribution in [3.05, 3.63) is 24.4 Å². The minimum absolute atomic E-state index is 0.116. The molecule has 12 nitrogen and oxygen atoms in total. The van der Waals surface area contributed by atoms with Crippen LogP contribution in [0.25, 0.3) is 0 Å². The normalized spacial score (nSPS) is 12.0. The average molecular weight is 372 g/mol. The number of hydrogen-bond donors (Lipinski definition) is 5. The van der Waals surface area contributed by atoms with Crippen LogP contribution < -0.4 is 22.9 Å². The number of carboxylic acids is 1. The van der Waals surface area contributed by atoms with Crippen molar-refractivity contribution in [2.75, 3.05) is 6.54 Å². The summed E-state index contributed by atoms with van der Waals surface area (Å²) in [7, 11) is -4.39. The smallest absolute Gasteiger partial charge is 0.329 e. The quantitative estimate of drug-likeness (QED) is 0.137. The molecule has 0 saturated carbocycles. The summed E-state index contributed by atoms with van der Waals surface area (Å²) in [6.45, 7) is 0.116. The molecule has 9 N–H and O–H groups in total. The zero-order chi connectivity index (χ0) is 19.0. The van der Waals surface area contributed by atoms with Crippen molar-refractivity contribution in [2.45, 2.75) is 23.9 Å². The number of rotatable bonds is 9. The van der Waals surface area contributed by atoms with Crippen LogP contribution in [0.4, 0.5) is 0 Å². The van der Waals surface area contributed by atoms with Gasteiger partial charge in [-0.3, -0.25) is 4.99 Å². The van der Waals surface area contributed by atoms with Gasteiger partial charge in [0.1, 0.15) is 0 Å². The first-order valence-electron chi connectivity index (χ1n) is 6.99. The summed E-state index contributed by atoms with van der Waals surface area (Å²) in [5, 5.41) is 12.5. The van der Waals surface area contributed by atoms with Crippen LogP contribution in [-0.2, 0) is 14.8 Å². The molecule has 13 heteroatoms. The van der Waals surface area contributed by atoms with E-state index >= 15 is 0 Å². The second kappa shape index (κ2) is 8.68. The molecule has 0 unspecified atom stereocenters. The van der Waals surface area contributed by atoms with Crippen LogP contribution in [0.2, 0.25) is 0 Å². The minimum Gasteiger partial charge on any atom is -0.480 e. The summed E-state index contributed by atoms with van der Waals surface area (Å²) in [6, 6.07) is 2.57. The molecule has 0 radical (unpaired) electrons. The summed E-state index contributed by atoms with van der Waals surface area (Å²) >= 11 is 0. The number of pyridine rings is 1. The molecule has 0 fully saturated rings. The average Bonchev–Trinajstić information content (AvgIpc) is 2.53. The van der Waals surface area contributed by atoms with Gasteiger partial charge in [0.15, 0.2) is 17.0 Å². The second-order valence-electron chi connectivity index (χ2n) is 4.77. The Bertz CT molecular complexity index is 742. The molecule has 0 spiro atoms. The lowest BCUT2D eigenvalue weighted by molar-refractivity contribution is -0.141. The van der Waals surface area contributed by atoms with Crippen LogP contribution in [-0.4, -0.2) is 53.4 Å². The first-order chi connectivity index (χ1) is 11.7. The molecule has 1 heterocycles. The van der Waals surface area contributed by atoms with Crippen LogP contribution >= 0.6 is 0 Å². The number of sulfonamides is 1. The van der Waals surface area contributed by atoms with E-state index in [-0.39, 0.29) is 25.3 Å². The highest BCUT2D eigenvalue weighted by Gasteiger charge is 2.36. The zero-order valence-electron chi connectivity index (χ0n) is 13.2. The van der Waals surface area contributed by atoms with E-state index in [4.69, 9.17) is 22.9 Å². The molecule has 0 amide bonds. The zero-order valence-corrected chi connectivity index (χ0v) is 14.0. The van der Waals surface area contributed by atoms with Gasteiger partial charge in [0.05, 0.1) is 0 Å². The highest BCUT2D eigenvalue weighted by Crippen LogP contribution is 2.19. The fourth-order valence-corrected chi connectivity index (χ4v) is 3.19. The Kier molecular flexibility index (Phi) is 6.93. The molecule has 25 heavy (non-hydrogen) atoms. The number of nitrogens with zero attached hydrogens (tertiary/aromatic N) is 4. The van der Waals surface area contributed by atoms with Crippen molar-refractivity contribution in [1.29, 1.82) is 0 Å². The van der Waals surface area contributed by atoms with Crippen molar-refractivity contribution in [2.24, 2.45) is 33.0 Å². The number of aliphatic carboxylic acids is 1. The Hall–Kier alpha value is -3.09. The predicted octanol–water partition coefficient (Wildman–Crippen LogP) is -2.23. The van der Waals surface area contributed by atoms with Crippen molar-refractivity contribution in [3.8, 4) is 0 Å². The first-order valence-corrected chi connectivity index (χ1v) is 8.43. The fourth-order valence-electron chi connectivity index (χ4n) is 1.82. The van der Waals surface area contributed by atoms with Crippen molar-refractivity contribution in [1.82, 2.24) is 9.40 Å². The molecule has 0 aliphatic rings. The van der Waals surface area contributed by atoms with Gasteiger partial charge in [-0.1, -0.05) is 6.07 Å². The van der Waals surface area contributed by atoms with Crippen LogP contribution in [0.15, 0.2) is 39.5 Å². The van der Waals surface area contributed by atoms with E-state index in [1.165, 1.54) is 24.4 Å². The maximum Gasteiger partial charge on any atom is 0.329 e. The third-order valence-electron chi connectivity index (χ3n) is 2.84. The van der Waals surface area contributed by atoms with E-state index in [2.05, 4.69) is 15.1 Å². The standard InChI is InChI=1S/C12H20N8O4S/c13-11(14)18-7-3-4-8(10(21)22)20(19-12(15)16)25(23,24)9-5-1-2-6-17-9/h1-2,5-6,8H,3-4,7H2,(H,21,22)(H4,13,14,18)(H4,15,16,19)/t8-/m0/s1. The molecular formula is C12H20N8O4S. The van der Waals surface area contributed by atoms with E-state index in [0.717, 1.165) is 0 Å². The van der Waals surface area contributed by atoms with E-state index in [1.807, 2.05) is 0 Å². The lowest BCUT2D eigenvalue weighted by atomic mass is 10.2. The van der Waals surface area contributed by atoms with E-state index in [1.54, 1.807) is 0 Å². The maximum atomic E-state index is 12.7. The number of carbonyl (C=O) groups is 1. The summed E-state index contributed by atoms with van der Waals surface area (Å²) < 4.78 is 25.7. The van der Waals surface area contributed by atoms with Crippen molar-refractivity contribution in [3.63, 3.8) is 0 Å². The SMILES string of the molecule is NC(N)=NCCC[C@@H](C(=O)O)N(N=C(N)N)S(=O)(=O)c1ccccn1. The molecule has 0 aliphatic heterocycles. The Morgan fingerprint density at radius 2 is 1.92 bits per heavy atom. The number of nitrogens with two attached hydrogens (primary N) is 4. The lowest BCUT2D eigenvalue weighted by Gasteiger charge is -2.25. The fraction of sp³-hybridized carbons (Fsp3) is 0.333. The van der Waals surface area contributed by atoms with E-state index in [0.29, 0.717) is 4.41 Å². The van der Waals surface area contributed by atoms with Crippen LogP contribution in [0, 0.1) is 0 Å². The Labute approximate surface area is 144 Å². The van der Waals surface area contributed by atoms with Crippen LogP contribution in [0.1, 0.15) is 12.8 Å². The summed E-state index contributed by atoms with van der Waals surface area (Å²) in [5.74, 6) is -2.21. The predicted molar refractivity (Wildman–Crippen MR) is 90.4 cm³/mol. The largest absolute Gasteiger partial charge is 0.480 e. The van der Waals surface area contributed by atoms with Gasteiger partial charge >= 0.3 is 5.97 Å². The van der Waals surface area contributed by atoms with E-state index in [9.17, 15) is 18.3 Å². The molecule has 0 aromatic carbocycles. The molecule has 1 atom stereocenters. The molecule has 138 valence electrons. The van der Waals surface area contributed by atoms with Gasteiger partial charge in [-0.2, -0.15) is 12.8 Å². The summed E-state index contributed by atoms with van der Waals surface area (Å²) in [5.41, 5.74) is 20.9. The van der Waals surface area contributed by atoms with Crippen molar-refractivity contribution >= 4 is 27.9 Å². The molecule has 1 aromatic rings. The Balaban J connectivity index is 3.19. The van der Waals surface area contributed by atoms with Gasteiger partial charge in [-0.05, 0) is 25.0 Å². The van der Waals surface area contributed by atoms with Gasteiger partial charge in [-0.25, -0.2) is 9.78 Å². The number of guanidine groups is 2. The van der Waals surface area contributed by atoms with Gasteiger partial charge < -0.3 is 28.0 Å². The monoisotopic (exact) mass is 372 g/mol. The molecule has 1 rings (SSSR count). The van der Waals surface area contributed by atoms with Crippen LogP contribution in [0.3, 0.4) is 0 Å². The maximum absolute atomic E-state index is 12.7. The minimum atomic E-state index is -4.39. The Morgan fingerprint density at radius 3 is 2.40 bits per heavy atom. The lowest BCUT2D eigenvalue weighted by Crippen LogP contribution is -2.44. The van der Waals surface area contributed by atoms with Gasteiger partial charge in [0, 0.05) is 12.7 Å². The summed E-state index contributed by atoms with van der Waals surface area (Å²) in [4.78, 5) is 19.0. The molecule has 0 bridgehead atoms. The summed E-state index contributed by atoms with van der Waals surface area (Å²) in [6.07, 6.45) is 1.30. The van der Waals surface area contributed by atoms with Gasteiger partial charge in [-0.15, -0.1) is 5.10 Å². The number of carboxylic acid groups (broad SMARTS) is 1. The molecule has 0 aliphatic carbocycles. The van der Waals surface area contributed by atoms with Gasteiger partial charge in [0.2, 0.25) is 5.96 Å². The van der Waals surface area contributed by atoms with Crippen LogP contribution in [0.5, 0.6) is 0 Å². The number of hydrogen-bond acceptors (Lipinski definition) is 6. The topological polar surface area (TPSA) is 216 Å². The number of aromatic nitrogens is 1. The highest BCUT2D eigenvalue weighted by molar-refractivity contribution is 7.89. The Morgan fingerprint density at radius 1 is 1.24 bits per heavy atom. The molecular weight excluding hydrogens is 352 g/mol.